The second-order valence-corrected chi connectivity index (χ2v) is 10.2. The Hall–Kier alpha value is -1.69. The van der Waals surface area contributed by atoms with Crippen molar-refractivity contribution < 1.29 is 49.1 Å². The van der Waals surface area contributed by atoms with Crippen LogP contribution in [0, 0.1) is 22.7 Å². The molecule has 0 spiro atoms. The number of likely N-dealkylation sites (tertiary alicyclic amines) is 1. The Balaban J connectivity index is 2.30. The van der Waals surface area contributed by atoms with E-state index in [2.05, 4.69) is 0 Å². The normalized spacial score (nSPS) is 27.1. The molecule has 1 heterocycles. The maximum Gasteiger partial charge on any atom is 0.460 e. The number of piperidine rings is 1. The van der Waals surface area contributed by atoms with Gasteiger partial charge in [-0.3, -0.25) is 9.59 Å². The zero-order chi connectivity index (χ0) is 25.5. The Bertz CT molecular complexity index is 787. The fourth-order valence-electron chi connectivity index (χ4n) is 4.51. The summed E-state index contributed by atoms with van der Waals surface area (Å²) in [5, 5.41) is 1.31. The molecule has 0 aromatic heterocycles. The number of alkyl halides is 9. The molecule has 0 radical (unpaired) electrons. The smallest absolute Gasteiger partial charge is 0.338 e. The highest BCUT2D eigenvalue weighted by molar-refractivity contribution is 5.92. The van der Waals surface area contributed by atoms with Crippen molar-refractivity contribution in [1.82, 2.24) is 10.2 Å². The first kappa shape index (κ1) is 26.6. The lowest BCUT2D eigenvalue weighted by Crippen LogP contribution is -2.67. The Kier molecular flexibility index (Phi) is 5.94. The van der Waals surface area contributed by atoms with Crippen LogP contribution in [-0.2, 0) is 9.59 Å². The summed E-state index contributed by atoms with van der Waals surface area (Å²) >= 11 is 0. The number of carbonyl (C=O) groups is 2. The molecule has 2 amide bonds. The molecule has 0 bridgehead atoms. The van der Waals surface area contributed by atoms with Crippen molar-refractivity contribution in [3.63, 3.8) is 0 Å². The van der Waals surface area contributed by atoms with Gasteiger partial charge in [-0.25, -0.2) is 0 Å². The van der Waals surface area contributed by atoms with Gasteiger partial charge in [0.1, 0.15) is 6.04 Å². The number of hydrogen-bond donors (Lipinski definition) is 1. The molecule has 0 aromatic rings. The van der Waals surface area contributed by atoms with E-state index in [0.717, 1.165) is 0 Å². The van der Waals surface area contributed by atoms with Gasteiger partial charge in [-0.2, -0.15) is 39.5 Å². The first-order valence-corrected chi connectivity index (χ1v) is 9.75. The summed E-state index contributed by atoms with van der Waals surface area (Å²) < 4.78 is 118. The summed E-state index contributed by atoms with van der Waals surface area (Å²) in [6.07, 6.45) is -7.04. The highest BCUT2D eigenvalue weighted by Crippen LogP contribution is 2.64. The van der Waals surface area contributed by atoms with Gasteiger partial charge in [0.05, 0.1) is 0 Å². The summed E-state index contributed by atoms with van der Waals surface area (Å²) in [6, 6.07) is -2.25. The maximum atomic E-state index is 14.0. The fraction of sp³-hybridized carbons (Fsp3) is 0.895. The molecule has 0 unspecified atom stereocenters. The number of carbonyl (C=O) groups excluding carboxylic acids is 2. The molecule has 13 heteroatoms. The Labute approximate surface area is 178 Å². The van der Waals surface area contributed by atoms with E-state index in [9.17, 15) is 49.1 Å². The van der Waals surface area contributed by atoms with Gasteiger partial charge in [0, 0.05) is 12.6 Å². The summed E-state index contributed by atoms with van der Waals surface area (Å²) in [7, 11) is 0. The van der Waals surface area contributed by atoms with E-state index in [0.29, 0.717) is 0 Å². The van der Waals surface area contributed by atoms with Gasteiger partial charge in [-0.15, -0.1) is 0 Å². The lowest BCUT2D eigenvalue weighted by Gasteiger charge is -2.38. The van der Waals surface area contributed by atoms with Gasteiger partial charge < -0.3 is 10.2 Å². The Morgan fingerprint density at radius 3 is 1.75 bits per heavy atom. The van der Waals surface area contributed by atoms with E-state index in [1.54, 1.807) is 6.92 Å². The summed E-state index contributed by atoms with van der Waals surface area (Å²) in [4.78, 5) is 26.2. The molecule has 0 aromatic carbocycles. The number of hydrogen-bond acceptors (Lipinski definition) is 2. The number of rotatable bonds is 5. The third kappa shape index (κ3) is 3.72. The second-order valence-electron chi connectivity index (χ2n) is 10.2. The predicted octanol–water partition coefficient (Wildman–Crippen LogP) is 4.49. The minimum absolute atomic E-state index is 0.0745. The zero-order valence-corrected chi connectivity index (χ0v) is 18.2. The van der Waals surface area contributed by atoms with Gasteiger partial charge in [-0.05, 0) is 29.6 Å². The van der Waals surface area contributed by atoms with Gasteiger partial charge in [-0.1, -0.05) is 34.6 Å². The van der Waals surface area contributed by atoms with Crippen molar-refractivity contribution in [1.29, 1.82) is 0 Å². The van der Waals surface area contributed by atoms with Gasteiger partial charge in [0.15, 0.2) is 0 Å². The van der Waals surface area contributed by atoms with E-state index >= 15 is 0 Å². The molecule has 1 saturated heterocycles. The molecule has 1 saturated carbocycles. The van der Waals surface area contributed by atoms with E-state index < -0.39 is 47.2 Å². The molecule has 2 rings (SSSR count). The lowest BCUT2D eigenvalue weighted by molar-refractivity contribution is -0.388. The van der Waals surface area contributed by atoms with Crippen molar-refractivity contribution >= 4 is 11.8 Å². The van der Waals surface area contributed by atoms with Crippen LogP contribution in [-0.4, -0.2) is 59.3 Å². The molecule has 186 valence electrons. The average Bonchev–Trinajstić information content (AvgIpc) is 2.92. The van der Waals surface area contributed by atoms with E-state index in [1.807, 2.05) is 13.8 Å². The maximum absolute atomic E-state index is 14.0. The van der Waals surface area contributed by atoms with Crippen molar-refractivity contribution in [2.45, 2.75) is 77.6 Å². The summed E-state index contributed by atoms with van der Waals surface area (Å²) in [5.41, 5.74) is -1.43. The monoisotopic (exact) mass is 484 g/mol. The molecular weight excluding hydrogens is 459 g/mol. The molecule has 4 nitrogen and oxygen atoms in total. The number of fused-ring (bicyclic) bond motifs is 1. The van der Waals surface area contributed by atoms with Crippen LogP contribution in [0.15, 0.2) is 0 Å². The molecule has 1 N–H and O–H groups in total. The quantitative estimate of drug-likeness (QED) is 0.585. The highest BCUT2D eigenvalue weighted by atomic mass is 19.4. The number of amides is 2. The first-order valence-electron chi connectivity index (χ1n) is 9.75. The molecule has 1 aliphatic carbocycles. The van der Waals surface area contributed by atoms with Crippen LogP contribution in [0.25, 0.3) is 0 Å². The molecule has 1 aliphatic heterocycles. The van der Waals surface area contributed by atoms with Crippen molar-refractivity contribution in [2.75, 3.05) is 6.54 Å². The van der Waals surface area contributed by atoms with E-state index in [-0.39, 0.29) is 29.8 Å². The third-order valence-corrected chi connectivity index (χ3v) is 6.65. The molecule has 2 aliphatic rings. The van der Waals surface area contributed by atoms with Gasteiger partial charge >= 0.3 is 23.9 Å². The Morgan fingerprint density at radius 2 is 1.41 bits per heavy atom. The van der Waals surface area contributed by atoms with Gasteiger partial charge in [0.2, 0.25) is 5.91 Å². The van der Waals surface area contributed by atoms with Crippen LogP contribution in [0.1, 0.15) is 41.5 Å². The van der Waals surface area contributed by atoms with E-state index in [1.165, 1.54) is 31.0 Å². The summed E-state index contributed by atoms with van der Waals surface area (Å²) in [6.45, 7) is 9.70. The second kappa shape index (κ2) is 7.15. The molecule has 32 heavy (non-hydrogen) atoms. The number of nitrogens with zero attached hydrogens (tertiary/aromatic N) is 1. The average molecular weight is 484 g/mol. The zero-order valence-electron chi connectivity index (χ0n) is 18.2. The van der Waals surface area contributed by atoms with Crippen molar-refractivity contribution in [2.24, 2.45) is 22.7 Å². The number of nitrogens with one attached hydrogen (secondary N) is 1. The first-order chi connectivity index (χ1) is 13.9. The van der Waals surface area contributed by atoms with Crippen molar-refractivity contribution in [3.05, 3.63) is 0 Å². The fourth-order valence-corrected chi connectivity index (χ4v) is 4.51. The van der Waals surface area contributed by atoms with Crippen molar-refractivity contribution in [3.8, 4) is 0 Å². The standard InChI is InChI=1S/C19H25F9N2O2/c1-8-10-9(15(10,5)6)7-30(8)12(31)11(14(2,3)4)29-13(32)16(20,21)17(22,23)18(24,25)19(26,27)28/h8-11H,7H2,1-6H3,(H,29,32)/t8-,9+,10-,11-/m1/s1. The minimum atomic E-state index is -7.20. The van der Waals surface area contributed by atoms with Crippen LogP contribution < -0.4 is 5.32 Å². The molecule has 2 fully saturated rings. The van der Waals surface area contributed by atoms with Crippen LogP contribution in [0.5, 0.6) is 0 Å². The molecule has 4 atom stereocenters. The highest BCUT2D eigenvalue weighted by Gasteiger charge is 2.84. The Morgan fingerprint density at radius 1 is 0.938 bits per heavy atom. The largest absolute Gasteiger partial charge is 0.460 e. The topological polar surface area (TPSA) is 49.4 Å². The predicted molar refractivity (Wildman–Crippen MR) is 94.2 cm³/mol. The minimum Gasteiger partial charge on any atom is -0.338 e. The van der Waals surface area contributed by atoms with E-state index in [4.69, 9.17) is 0 Å². The van der Waals surface area contributed by atoms with Crippen LogP contribution in [0.4, 0.5) is 39.5 Å². The summed E-state index contributed by atoms with van der Waals surface area (Å²) in [5.74, 6) is -24.6. The molecular formula is C19H25F9N2O2. The van der Waals surface area contributed by atoms with Crippen LogP contribution in [0.3, 0.4) is 0 Å². The number of halogens is 9. The third-order valence-electron chi connectivity index (χ3n) is 6.65. The van der Waals surface area contributed by atoms with Crippen LogP contribution >= 0.6 is 0 Å². The van der Waals surface area contributed by atoms with Gasteiger partial charge in [0.25, 0.3) is 5.91 Å². The lowest BCUT2D eigenvalue weighted by atomic mass is 9.85. The SMILES string of the molecule is C[C@@H]1[C@@H]2[C@H](CN1C(=O)[C@@H](NC(=O)C(F)(F)C(F)(F)C(F)(F)C(F)(F)F)C(C)(C)C)C2(C)C. The van der Waals surface area contributed by atoms with Crippen LogP contribution in [0.2, 0.25) is 0 Å².